The standard InChI is InChI=1S/C17H20ClN3O.HI/c1-19-17(20-2)21-11-13-7-3-4-8-14(13)12-22-16-10-6-5-9-15(16)18;/h3-10H,11-12H2,1-2H3,(H2,19,20,21);1H. The Hall–Kier alpha value is -1.47. The number of benzene rings is 2. The van der Waals surface area contributed by atoms with Crippen LogP contribution in [-0.2, 0) is 13.2 Å². The molecule has 2 aromatic carbocycles. The molecule has 0 saturated carbocycles. The summed E-state index contributed by atoms with van der Waals surface area (Å²) >= 11 is 6.11. The van der Waals surface area contributed by atoms with E-state index in [-0.39, 0.29) is 24.0 Å². The van der Waals surface area contributed by atoms with E-state index in [2.05, 4.69) is 27.8 Å². The van der Waals surface area contributed by atoms with E-state index in [9.17, 15) is 0 Å². The Morgan fingerprint density at radius 1 is 1.09 bits per heavy atom. The van der Waals surface area contributed by atoms with E-state index in [4.69, 9.17) is 16.3 Å². The van der Waals surface area contributed by atoms with Crippen molar-refractivity contribution in [1.29, 1.82) is 0 Å². The number of aliphatic imine (C=N–C) groups is 1. The minimum absolute atomic E-state index is 0. The van der Waals surface area contributed by atoms with E-state index >= 15 is 0 Å². The third-order valence-electron chi connectivity index (χ3n) is 3.24. The van der Waals surface area contributed by atoms with Crippen molar-refractivity contribution < 1.29 is 4.74 Å². The van der Waals surface area contributed by atoms with Gasteiger partial charge in [-0.2, -0.15) is 0 Å². The first-order chi connectivity index (χ1) is 10.7. The molecule has 0 unspecified atom stereocenters. The molecule has 0 aliphatic heterocycles. The Balaban J connectivity index is 0.00000264. The maximum Gasteiger partial charge on any atom is 0.190 e. The van der Waals surface area contributed by atoms with Crippen molar-refractivity contribution in [2.75, 3.05) is 14.1 Å². The molecule has 0 saturated heterocycles. The van der Waals surface area contributed by atoms with Crippen molar-refractivity contribution in [3.63, 3.8) is 0 Å². The quantitative estimate of drug-likeness (QED) is 0.418. The molecule has 0 heterocycles. The number of hydrogen-bond donors (Lipinski definition) is 2. The van der Waals surface area contributed by atoms with Crippen LogP contribution in [0.4, 0.5) is 0 Å². The summed E-state index contributed by atoms with van der Waals surface area (Å²) < 4.78 is 5.82. The van der Waals surface area contributed by atoms with Gasteiger partial charge in [0.1, 0.15) is 12.4 Å². The number of para-hydroxylation sites is 1. The van der Waals surface area contributed by atoms with Crippen molar-refractivity contribution in [3.8, 4) is 5.75 Å². The van der Waals surface area contributed by atoms with Crippen LogP contribution in [0, 0.1) is 0 Å². The highest BCUT2D eigenvalue weighted by molar-refractivity contribution is 14.0. The third kappa shape index (κ3) is 5.91. The molecule has 0 radical (unpaired) electrons. The molecular weight excluding hydrogens is 425 g/mol. The number of rotatable bonds is 5. The SMILES string of the molecule is CN=C(NC)NCc1ccccc1COc1ccccc1Cl.I. The van der Waals surface area contributed by atoms with Crippen LogP contribution < -0.4 is 15.4 Å². The first kappa shape index (κ1) is 19.6. The van der Waals surface area contributed by atoms with Gasteiger partial charge in [-0.15, -0.1) is 24.0 Å². The average molecular weight is 446 g/mol. The van der Waals surface area contributed by atoms with Crippen LogP contribution in [0.2, 0.25) is 5.02 Å². The van der Waals surface area contributed by atoms with Gasteiger partial charge in [0.15, 0.2) is 5.96 Å². The van der Waals surface area contributed by atoms with Crippen LogP contribution in [-0.4, -0.2) is 20.1 Å². The normalized spacial score (nSPS) is 10.7. The first-order valence-electron chi connectivity index (χ1n) is 7.07. The lowest BCUT2D eigenvalue weighted by Gasteiger charge is -2.14. The lowest BCUT2D eigenvalue weighted by molar-refractivity contribution is 0.305. The fourth-order valence-electron chi connectivity index (χ4n) is 2.05. The smallest absolute Gasteiger partial charge is 0.190 e. The molecule has 0 aliphatic rings. The molecule has 0 amide bonds. The Morgan fingerprint density at radius 3 is 2.39 bits per heavy atom. The van der Waals surface area contributed by atoms with Gasteiger partial charge in [-0.05, 0) is 23.3 Å². The highest BCUT2D eigenvalue weighted by Gasteiger charge is 2.05. The molecule has 2 N–H and O–H groups in total. The monoisotopic (exact) mass is 445 g/mol. The summed E-state index contributed by atoms with van der Waals surface area (Å²) in [7, 11) is 3.58. The van der Waals surface area contributed by atoms with Gasteiger partial charge in [-0.25, -0.2) is 0 Å². The van der Waals surface area contributed by atoms with Crippen LogP contribution in [0.3, 0.4) is 0 Å². The van der Waals surface area contributed by atoms with E-state index in [1.807, 2.05) is 43.4 Å². The fraction of sp³-hybridized carbons (Fsp3) is 0.235. The summed E-state index contributed by atoms with van der Waals surface area (Å²) in [4.78, 5) is 4.10. The Labute approximate surface area is 159 Å². The van der Waals surface area contributed by atoms with Crippen molar-refractivity contribution in [2.45, 2.75) is 13.2 Å². The molecule has 0 bridgehead atoms. The second-order valence-electron chi connectivity index (χ2n) is 4.66. The van der Waals surface area contributed by atoms with E-state index < -0.39 is 0 Å². The molecule has 0 fully saturated rings. The number of nitrogens with zero attached hydrogens (tertiary/aromatic N) is 1. The maximum atomic E-state index is 6.11. The zero-order valence-electron chi connectivity index (χ0n) is 13.2. The largest absolute Gasteiger partial charge is 0.487 e. The second-order valence-corrected chi connectivity index (χ2v) is 5.07. The van der Waals surface area contributed by atoms with Crippen LogP contribution in [0.5, 0.6) is 5.75 Å². The average Bonchev–Trinajstić information content (AvgIpc) is 2.56. The van der Waals surface area contributed by atoms with Crippen molar-refractivity contribution in [2.24, 2.45) is 4.99 Å². The summed E-state index contributed by atoms with van der Waals surface area (Å²) in [6.45, 7) is 1.15. The molecule has 4 nitrogen and oxygen atoms in total. The lowest BCUT2D eigenvalue weighted by Crippen LogP contribution is -2.34. The number of halogens is 2. The lowest BCUT2D eigenvalue weighted by atomic mass is 10.1. The maximum absolute atomic E-state index is 6.11. The molecule has 2 aromatic rings. The number of hydrogen-bond acceptors (Lipinski definition) is 2. The van der Waals surface area contributed by atoms with Crippen molar-refractivity contribution >= 4 is 41.5 Å². The van der Waals surface area contributed by atoms with Gasteiger partial charge in [0, 0.05) is 20.6 Å². The first-order valence-corrected chi connectivity index (χ1v) is 7.45. The molecule has 0 aliphatic carbocycles. The zero-order valence-corrected chi connectivity index (χ0v) is 16.3. The van der Waals surface area contributed by atoms with Crippen LogP contribution in [0.15, 0.2) is 53.5 Å². The van der Waals surface area contributed by atoms with Gasteiger partial charge in [-0.1, -0.05) is 48.0 Å². The van der Waals surface area contributed by atoms with E-state index in [1.54, 1.807) is 7.05 Å². The Kier molecular flexibility index (Phi) is 8.79. The minimum Gasteiger partial charge on any atom is -0.487 e. The van der Waals surface area contributed by atoms with Gasteiger partial charge >= 0.3 is 0 Å². The second kappa shape index (κ2) is 10.3. The molecule has 124 valence electrons. The minimum atomic E-state index is 0. The predicted octanol–water partition coefficient (Wildman–Crippen LogP) is 3.83. The number of guanidine groups is 1. The highest BCUT2D eigenvalue weighted by Crippen LogP contribution is 2.24. The Bertz CT molecular complexity index is 649. The molecule has 0 atom stereocenters. The van der Waals surface area contributed by atoms with E-state index in [0.29, 0.717) is 23.9 Å². The van der Waals surface area contributed by atoms with E-state index in [1.165, 1.54) is 0 Å². The highest BCUT2D eigenvalue weighted by atomic mass is 127. The van der Waals surface area contributed by atoms with Crippen molar-refractivity contribution in [3.05, 3.63) is 64.7 Å². The fourth-order valence-corrected chi connectivity index (χ4v) is 2.24. The third-order valence-corrected chi connectivity index (χ3v) is 3.56. The number of ether oxygens (including phenoxy) is 1. The van der Waals surface area contributed by atoms with Gasteiger partial charge < -0.3 is 15.4 Å². The van der Waals surface area contributed by atoms with Gasteiger partial charge in [0.05, 0.1) is 5.02 Å². The van der Waals surface area contributed by atoms with Crippen molar-refractivity contribution in [1.82, 2.24) is 10.6 Å². The van der Waals surface area contributed by atoms with Gasteiger partial charge in [-0.3, -0.25) is 4.99 Å². The number of nitrogens with one attached hydrogen (secondary N) is 2. The zero-order chi connectivity index (χ0) is 15.8. The summed E-state index contributed by atoms with van der Waals surface area (Å²) in [5.74, 6) is 1.44. The van der Waals surface area contributed by atoms with E-state index in [0.717, 1.165) is 17.1 Å². The van der Waals surface area contributed by atoms with Crippen LogP contribution in [0.1, 0.15) is 11.1 Å². The summed E-state index contributed by atoms with van der Waals surface area (Å²) in [5, 5.41) is 6.86. The van der Waals surface area contributed by atoms with Crippen LogP contribution >= 0.6 is 35.6 Å². The van der Waals surface area contributed by atoms with Gasteiger partial charge in [0.2, 0.25) is 0 Å². The topological polar surface area (TPSA) is 45.7 Å². The molecule has 6 heteroatoms. The molecular formula is C17H21ClIN3O. The summed E-state index contributed by atoms with van der Waals surface area (Å²) in [6.07, 6.45) is 0. The Morgan fingerprint density at radius 2 is 1.74 bits per heavy atom. The predicted molar refractivity (Wildman–Crippen MR) is 107 cm³/mol. The summed E-state index contributed by atoms with van der Waals surface area (Å²) in [5.41, 5.74) is 2.27. The molecule has 23 heavy (non-hydrogen) atoms. The van der Waals surface area contributed by atoms with Gasteiger partial charge in [0.25, 0.3) is 0 Å². The van der Waals surface area contributed by atoms with Crippen LogP contribution in [0.25, 0.3) is 0 Å². The molecule has 2 rings (SSSR count). The summed E-state index contributed by atoms with van der Waals surface area (Å²) in [6, 6.07) is 15.6. The molecule has 0 spiro atoms. The molecule has 0 aromatic heterocycles.